The SMILES string of the molecule is COc1ccc2[nH]nc(C(=O)NCC3CCN(CCCN(C)C)CC3)c2c1. The van der Waals surface area contributed by atoms with Gasteiger partial charge in [0.1, 0.15) is 5.75 Å². The lowest BCUT2D eigenvalue weighted by Gasteiger charge is -2.32. The first-order valence-corrected chi connectivity index (χ1v) is 9.74. The highest BCUT2D eigenvalue weighted by Gasteiger charge is 2.21. The minimum absolute atomic E-state index is 0.122. The van der Waals surface area contributed by atoms with Crippen LogP contribution in [0.3, 0.4) is 0 Å². The summed E-state index contributed by atoms with van der Waals surface area (Å²) in [5.74, 6) is 1.14. The number of nitrogens with one attached hydrogen (secondary N) is 2. The molecule has 0 radical (unpaired) electrons. The van der Waals surface area contributed by atoms with Crippen LogP contribution in [0.1, 0.15) is 29.8 Å². The molecule has 0 saturated carbocycles. The summed E-state index contributed by atoms with van der Waals surface area (Å²) < 4.78 is 5.25. The number of hydrogen-bond acceptors (Lipinski definition) is 5. The Labute approximate surface area is 161 Å². The van der Waals surface area contributed by atoms with E-state index in [0.717, 1.165) is 49.1 Å². The maximum absolute atomic E-state index is 12.6. The highest BCUT2D eigenvalue weighted by atomic mass is 16.5. The van der Waals surface area contributed by atoms with Crippen molar-refractivity contribution in [1.29, 1.82) is 0 Å². The van der Waals surface area contributed by atoms with Crippen LogP contribution < -0.4 is 10.1 Å². The van der Waals surface area contributed by atoms with Crippen molar-refractivity contribution in [2.45, 2.75) is 19.3 Å². The molecule has 148 valence electrons. The molecule has 1 aliphatic rings. The molecular formula is C20H31N5O2. The third-order valence-corrected chi connectivity index (χ3v) is 5.32. The second-order valence-corrected chi connectivity index (χ2v) is 7.64. The van der Waals surface area contributed by atoms with Crippen LogP contribution in [0.5, 0.6) is 5.75 Å². The Morgan fingerprint density at radius 1 is 1.37 bits per heavy atom. The summed E-state index contributed by atoms with van der Waals surface area (Å²) in [6, 6.07) is 5.58. The van der Waals surface area contributed by atoms with Crippen LogP contribution in [0.25, 0.3) is 10.9 Å². The van der Waals surface area contributed by atoms with Gasteiger partial charge in [-0.05, 0) is 83.7 Å². The van der Waals surface area contributed by atoms with E-state index in [1.807, 2.05) is 18.2 Å². The molecule has 7 heteroatoms. The number of rotatable bonds is 8. The number of methoxy groups -OCH3 is 1. The highest BCUT2D eigenvalue weighted by Crippen LogP contribution is 2.22. The summed E-state index contributed by atoms with van der Waals surface area (Å²) >= 11 is 0. The van der Waals surface area contributed by atoms with Gasteiger partial charge in [0.25, 0.3) is 5.91 Å². The fraction of sp³-hybridized carbons (Fsp3) is 0.600. The van der Waals surface area contributed by atoms with Crippen LogP contribution in [0, 0.1) is 5.92 Å². The van der Waals surface area contributed by atoms with E-state index >= 15 is 0 Å². The highest BCUT2D eigenvalue weighted by molar-refractivity contribution is 6.05. The van der Waals surface area contributed by atoms with Crippen molar-refractivity contribution in [2.75, 3.05) is 53.9 Å². The lowest BCUT2D eigenvalue weighted by molar-refractivity contribution is 0.0932. The molecule has 0 aliphatic carbocycles. The number of ether oxygens (including phenoxy) is 1. The first kappa shape index (κ1) is 19.6. The van der Waals surface area contributed by atoms with Crippen molar-refractivity contribution in [2.24, 2.45) is 5.92 Å². The maximum Gasteiger partial charge on any atom is 0.272 e. The number of amides is 1. The molecule has 2 aromatic rings. The molecular weight excluding hydrogens is 342 g/mol. The standard InChI is InChI=1S/C20H31N5O2/c1-24(2)9-4-10-25-11-7-15(8-12-25)14-21-20(26)19-17-13-16(27-3)5-6-18(17)22-23-19/h5-6,13,15H,4,7-12,14H2,1-3H3,(H,21,26)(H,22,23). The molecule has 0 atom stereocenters. The Morgan fingerprint density at radius 3 is 2.85 bits per heavy atom. The summed E-state index contributed by atoms with van der Waals surface area (Å²) in [6.45, 7) is 5.26. The first-order chi connectivity index (χ1) is 13.1. The fourth-order valence-electron chi connectivity index (χ4n) is 3.64. The van der Waals surface area contributed by atoms with Gasteiger partial charge < -0.3 is 19.9 Å². The molecule has 27 heavy (non-hydrogen) atoms. The molecule has 1 aromatic carbocycles. The first-order valence-electron chi connectivity index (χ1n) is 9.74. The van der Waals surface area contributed by atoms with Gasteiger partial charge in [-0.15, -0.1) is 0 Å². The molecule has 3 rings (SSSR count). The normalized spacial score (nSPS) is 16.1. The predicted octanol–water partition coefficient (Wildman–Crippen LogP) is 1.97. The average Bonchev–Trinajstić information content (AvgIpc) is 3.10. The molecule has 0 unspecified atom stereocenters. The molecule has 1 aliphatic heterocycles. The summed E-state index contributed by atoms with van der Waals surface area (Å²) in [7, 11) is 5.86. The van der Waals surface area contributed by atoms with Gasteiger partial charge in [0, 0.05) is 11.9 Å². The Bertz CT molecular complexity index is 750. The number of nitrogens with zero attached hydrogens (tertiary/aromatic N) is 3. The number of hydrogen-bond donors (Lipinski definition) is 2. The molecule has 1 amide bonds. The van der Waals surface area contributed by atoms with Crippen molar-refractivity contribution in [3.63, 3.8) is 0 Å². The van der Waals surface area contributed by atoms with Crippen molar-refractivity contribution >= 4 is 16.8 Å². The molecule has 7 nitrogen and oxygen atoms in total. The van der Waals surface area contributed by atoms with E-state index in [9.17, 15) is 4.79 Å². The quantitative estimate of drug-likeness (QED) is 0.740. The molecule has 2 N–H and O–H groups in total. The van der Waals surface area contributed by atoms with Crippen LogP contribution in [0.15, 0.2) is 18.2 Å². The minimum Gasteiger partial charge on any atom is -0.497 e. The van der Waals surface area contributed by atoms with Crippen molar-refractivity contribution in [3.8, 4) is 5.75 Å². The second kappa shape index (κ2) is 9.19. The maximum atomic E-state index is 12.6. The largest absolute Gasteiger partial charge is 0.497 e. The van der Waals surface area contributed by atoms with Crippen molar-refractivity contribution in [1.82, 2.24) is 25.3 Å². The number of carbonyl (C=O) groups excluding carboxylic acids is 1. The molecule has 1 aromatic heterocycles. The van der Waals surface area contributed by atoms with E-state index in [1.165, 1.54) is 13.0 Å². The van der Waals surface area contributed by atoms with Gasteiger partial charge in [0.15, 0.2) is 5.69 Å². The lowest BCUT2D eigenvalue weighted by Crippen LogP contribution is -2.39. The number of carbonyl (C=O) groups is 1. The van der Waals surface area contributed by atoms with Crippen LogP contribution in [-0.2, 0) is 0 Å². The second-order valence-electron chi connectivity index (χ2n) is 7.64. The number of piperidine rings is 1. The average molecular weight is 374 g/mol. The molecule has 0 bridgehead atoms. The molecule has 2 heterocycles. The number of likely N-dealkylation sites (tertiary alicyclic amines) is 1. The summed E-state index contributed by atoms with van der Waals surface area (Å²) in [6.07, 6.45) is 3.48. The zero-order valence-corrected chi connectivity index (χ0v) is 16.6. The molecule has 1 fully saturated rings. The third-order valence-electron chi connectivity index (χ3n) is 5.32. The van der Waals surface area contributed by atoms with Crippen LogP contribution in [0.4, 0.5) is 0 Å². The third kappa shape index (κ3) is 5.20. The zero-order chi connectivity index (χ0) is 19.2. The van der Waals surface area contributed by atoms with E-state index in [0.29, 0.717) is 18.2 Å². The van der Waals surface area contributed by atoms with Gasteiger partial charge in [0.05, 0.1) is 12.6 Å². The van der Waals surface area contributed by atoms with E-state index in [2.05, 4.69) is 39.4 Å². The van der Waals surface area contributed by atoms with Crippen molar-refractivity contribution in [3.05, 3.63) is 23.9 Å². The Kier molecular flexibility index (Phi) is 6.68. The lowest BCUT2D eigenvalue weighted by atomic mass is 9.96. The van der Waals surface area contributed by atoms with Gasteiger partial charge in [-0.25, -0.2) is 0 Å². The van der Waals surface area contributed by atoms with Gasteiger partial charge in [-0.2, -0.15) is 5.10 Å². The van der Waals surface area contributed by atoms with E-state index in [4.69, 9.17) is 4.74 Å². The van der Waals surface area contributed by atoms with Gasteiger partial charge >= 0.3 is 0 Å². The Hall–Kier alpha value is -2.12. The summed E-state index contributed by atoms with van der Waals surface area (Å²) in [5.41, 5.74) is 1.28. The van der Waals surface area contributed by atoms with Crippen LogP contribution >= 0.6 is 0 Å². The number of fused-ring (bicyclic) bond motifs is 1. The van der Waals surface area contributed by atoms with E-state index in [1.54, 1.807) is 7.11 Å². The summed E-state index contributed by atoms with van der Waals surface area (Å²) in [5, 5.41) is 11.0. The Balaban J connectivity index is 1.46. The number of benzene rings is 1. The van der Waals surface area contributed by atoms with Crippen LogP contribution in [0.2, 0.25) is 0 Å². The number of aromatic amines is 1. The Morgan fingerprint density at radius 2 is 2.15 bits per heavy atom. The number of aromatic nitrogens is 2. The minimum atomic E-state index is -0.122. The fourth-order valence-corrected chi connectivity index (χ4v) is 3.64. The predicted molar refractivity (Wildman–Crippen MR) is 107 cm³/mol. The molecule has 1 saturated heterocycles. The van der Waals surface area contributed by atoms with Gasteiger partial charge in [0.2, 0.25) is 0 Å². The van der Waals surface area contributed by atoms with Crippen molar-refractivity contribution < 1.29 is 9.53 Å². The number of H-pyrrole nitrogens is 1. The monoisotopic (exact) mass is 373 g/mol. The van der Waals surface area contributed by atoms with Gasteiger partial charge in [-0.1, -0.05) is 0 Å². The van der Waals surface area contributed by atoms with E-state index in [-0.39, 0.29) is 5.91 Å². The smallest absolute Gasteiger partial charge is 0.272 e. The molecule has 0 spiro atoms. The zero-order valence-electron chi connectivity index (χ0n) is 16.6. The van der Waals surface area contributed by atoms with Crippen LogP contribution in [-0.4, -0.2) is 79.8 Å². The van der Waals surface area contributed by atoms with Gasteiger partial charge in [-0.3, -0.25) is 9.89 Å². The topological polar surface area (TPSA) is 73.5 Å². The summed E-state index contributed by atoms with van der Waals surface area (Å²) in [4.78, 5) is 17.4. The van der Waals surface area contributed by atoms with E-state index < -0.39 is 0 Å².